The van der Waals surface area contributed by atoms with E-state index < -0.39 is 0 Å². The Kier molecular flexibility index (Phi) is 3.66. The summed E-state index contributed by atoms with van der Waals surface area (Å²) >= 11 is 0. The molecule has 0 aromatic heterocycles. The van der Waals surface area contributed by atoms with E-state index in [0.717, 1.165) is 11.1 Å². The van der Waals surface area contributed by atoms with Crippen molar-refractivity contribution < 1.29 is 9.13 Å². The summed E-state index contributed by atoms with van der Waals surface area (Å²) in [6, 6.07) is 11.0. The van der Waals surface area contributed by atoms with Gasteiger partial charge in [-0.25, -0.2) is 4.39 Å². The first kappa shape index (κ1) is 12.6. The second kappa shape index (κ2) is 5.21. The number of halogens is 1. The van der Waals surface area contributed by atoms with E-state index in [1.54, 1.807) is 12.1 Å². The number of benzene rings is 2. The molecule has 0 spiro atoms. The molecule has 0 N–H and O–H groups in total. The van der Waals surface area contributed by atoms with Crippen molar-refractivity contribution in [3.8, 4) is 5.75 Å². The molecule has 2 aromatic carbocycles. The minimum Gasteiger partial charge on any atom is -0.486 e. The van der Waals surface area contributed by atoms with E-state index in [0.29, 0.717) is 12.4 Å². The predicted octanol–water partition coefficient (Wildman–Crippen LogP) is 4.33. The van der Waals surface area contributed by atoms with Crippen molar-refractivity contribution in [2.24, 2.45) is 0 Å². The first-order valence-electron chi connectivity index (χ1n) is 6.01. The molecule has 0 fully saturated rings. The van der Waals surface area contributed by atoms with E-state index in [4.69, 9.17) is 4.74 Å². The molecule has 0 saturated carbocycles. The second-order valence-electron chi connectivity index (χ2n) is 4.64. The van der Waals surface area contributed by atoms with Crippen molar-refractivity contribution in [2.75, 3.05) is 0 Å². The van der Waals surface area contributed by atoms with E-state index >= 15 is 0 Å². The zero-order chi connectivity index (χ0) is 13.1. The molecular weight excluding hydrogens is 227 g/mol. The van der Waals surface area contributed by atoms with Crippen LogP contribution in [-0.4, -0.2) is 0 Å². The molecule has 0 saturated heterocycles. The topological polar surface area (TPSA) is 9.23 Å². The molecule has 18 heavy (non-hydrogen) atoms. The lowest BCUT2D eigenvalue weighted by molar-refractivity contribution is 0.290. The van der Waals surface area contributed by atoms with Gasteiger partial charge in [0, 0.05) is 0 Å². The highest BCUT2D eigenvalue weighted by Gasteiger charge is 2.04. The van der Waals surface area contributed by atoms with Gasteiger partial charge in [0.15, 0.2) is 11.6 Å². The van der Waals surface area contributed by atoms with E-state index in [9.17, 15) is 4.39 Å². The molecule has 1 nitrogen and oxygen atoms in total. The van der Waals surface area contributed by atoms with Gasteiger partial charge in [-0.3, -0.25) is 0 Å². The molecule has 2 rings (SSSR count). The highest BCUT2D eigenvalue weighted by atomic mass is 19.1. The smallest absolute Gasteiger partial charge is 0.165 e. The lowest BCUT2D eigenvalue weighted by Crippen LogP contribution is -1.98. The van der Waals surface area contributed by atoms with Gasteiger partial charge in [0.2, 0.25) is 0 Å². The van der Waals surface area contributed by atoms with E-state index in [1.165, 1.54) is 17.2 Å². The number of hydrogen-bond acceptors (Lipinski definition) is 1. The van der Waals surface area contributed by atoms with Gasteiger partial charge in [-0.2, -0.15) is 0 Å². The zero-order valence-electron chi connectivity index (χ0n) is 11.0. The molecule has 0 aliphatic heterocycles. The van der Waals surface area contributed by atoms with Crippen LogP contribution < -0.4 is 4.74 Å². The monoisotopic (exact) mass is 244 g/mol. The van der Waals surface area contributed by atoms with Crippen LogP contribution in [0.5, 0.6) is 5.75 Å². The van der Waals surface area contributed by atoms with E-state index in [2.05, 4.69) is 26.0 Å². The Morgan fingerprint density at radius 3 is 2.44 bits per heavy atom. The number of rotatable bonds is 3. The maximum absolute atomic E-state index is 13.5. The summed E-state index contributed by atoms with van der Waals surface area (Å²) in [6.45, 7) is 6.44. The van der Waals surface area contributed by atoms with Gasteiger partial charge in [0.05, 0.1) is 0 Å². The average Bonchev–Trinajstić information content (AvgIpc) is 2.34. The highest BCUT2D eigenvalue weighted by molar-refractivity contribution is 5.32. The molecular formula is C16H17FO. The summed E-state index contributed by atoms with van der Waals surface area (Å²) in [7, 11) is 0. The first-order chi connectivity index (χ1) is 8.56. The molecule has 0 bridgehead atoms. The molecule has 0 radical (unpaired) electrons. The van der Waals surface area contributed by atoms with Crippen molar-refractivity contribution in [1.82, 2.24) is 0 Å². The third-order valence-electron chi connectivity index (χ3n) is 3.05. The highest BCUT2D eigenvalue weighted by Crippen LogP contribution is 2.20. The summed E-state index contributed by atoms with van der Waals surface area (Å²) in [4.78, 5) is 0. The maximum atomic E-state index is 13.5. The first-order valence-corrected chi connectivity index (χ1v) is 6.01. The van der Waals surface area contributed by atoms with Crippen LogP contribution in [0.1, 0.15) is 22.3 Å². The minimum atomic E-state index is -0.315. The molecule has 0 amide bonds. The van der Waals surface area contributed by atoms with Crippen molar-refractivity contribution in [2.45, 2.75) is 27.4 Å². The predicted molar refractivity (Wildman–Crippen MR) is 71.4 cm³/mol. The Balaban J connectivity index is 2.11. The summed E-state index contributed by atoms with van der Waals surface area (Å²) in [5.74, 6) is -0.00217. The van der Waals surface area contributed by atoms with E-state index in [1.807, 2.05) is 13.0 Å². The number of ether oxygens (including phenoxy) is 1. The van der Waals surface area contributed by atoms with Crippen molar-refractivity contribution in [3.63, 3.8) is 0 Å². The Morgan fingerprint density at radius 2 is 1.72 bits per heavy atom. The third kappa shape index (κ3) is 2.89. The fraction of sp³-hybridized carbons (Fsp3) is 0.250. The Hall–Kier alpha value is -1.83. The SMILES string of the molecule is Cc1ccc(F)c(OCc2ccc(C)c(C)c2)c1. The average molecular weight is 244 g/mol. The van der Waals surface area contributed by atoms with Crippen LogP contribution in [-0.2, 0) is 6.61 Å². The lowest BCUT2D eigenvalue weighted by atomic mass is 10.1. The molecule has 0 aliphatic carbocycles. The van der Waals surface area contributed by atoms with Gasteiger partial charge in [0.1, 0.15) is 6.61 Å². The molecule has 0 unspecified atom stereocenters. The Bertz CT molecular complexity index is 561. The van der Waals surface area contributed by atoms with Crippen LogP contribution in [0.2, 0.25) is 0 Å². The molecule has 94 valence electrons. The largest absolute Gasteiger partial charge is 0.486 e. The van der Waals surface area contributed by atoms with E-state index in [-0.39, 0.29) is 5.82 Å². The maximum Gasteiger partial charge on any atom is 0.165 e. The van der Waals surface area contributed by atoms with Gasteiger partial charge in [-0.05, 0) is 55.2 Å². The number of aryl methyl sites for hydroxylation is 3. The Labute approximate surface area is 107 Å². The quantitative estimate of drug-likeness (QED) is 0.780. The lowest BCUT2D eigenvalue weighted by Gasteiger charge is -2.09. The summed E-state index contributed by atoms with van der Waals surface area (Å²) in [5.41, 5.74) is 4.52. The normalized spacial score (nSPS) is 10.4. The van der Waals surface area contributed by atoms with Crippen LogP contribution in [0.15, 0.2) is 36.4 Å². The van der Waals surface area contributed by atoms with Crippen LogP contribution in [0.4, 0.5) is 4.39 Å². The van der Waals surface area contributed by atoms with Crippen molar-refractivity contribution >= 4 is 0 Å². The third-order valence-corrected chi connectivity index (χ3v) is 3.05. The van der Waals surface area contributed by atoms with Gasteiger partial charge in [0.25, 0.3) is 0 Å². The molecule has 0 atom stereocenters. The fourth-order valence-corrected chi connectivity index (χ4v) is 1.78. The second-order valence-corrected chi connectivity index (χ2v) is 4.64. The fourth-order valence-electron chi connectivity index (χ4n) is 1.78. The van der Waals surface area contributed by atoms with Crippen molar-refractivity contribution in [3.05, 3.63) is 64.5 Å². The molecule has 2 heteroatoms. The Morgan fingerprint density at radius 1 is 0.944 bits per heavy atom. The molecule has 0 heterocycles. The molecule has 0 aliphatic rings. The van der Waals surface area contributed by atoms with Crippen LogP contribution in [0.3, 0.4) is 0 Å². The van der Waals surface area contributed by atoms with Gasteiger partial charge in [-0.15, -0.1) is 0 Å². The van der Waals surface area contributed by atoms with Gasteiger partial charge in [-0.1, -0.05) is 24.3 Å². The van der Waals surface area contributed by atoms with Crippen LogP contribution in [0, 0.1) is 26.6 Å². The number of hydrogen-bond donors (Lipinski definition) is 0. The van der Waals surface area contributed by atoms with Crippen LogP contribution >= 0.6 is 0 Å². The summed E-state index contributed by atoms with van der Waals surface area (Å²) in [5, 5.41) is 0. The minimum absolute atomic E-state index is 0.313. The van der Waals surface area contributed by atoms with Crippen LogP contribution in [0.25, 0.3) is 0 Å². The summed E-state index contributed by atoms with van der Waals surface area (Å²) < 4.78 is 19.0. The molecule has 2 aromatic rings. The van der Waals surface area contributed by atoms with Gasteiger partial charge >= 0.3 is 0 Å². The van der Waals surface area contributed by atoms with Gasteiger partial charge < -0.3 is 4.74 Å². The zero-order valence-corrected chi connectivity index (χ0v) is 11.0. The summed E-state index contributed by atoms with van der Waals surface area (Å²) in [6.07, 6.45) is 0. The standard InChI is InChI=1S/C16H17FO/c1-11-4-7-15(17)16(8-11)18-10-14-6-5-12(2)13(3)9-14/h4-9H,10H2,1-3H3. The van der Waals surface area contributed by atoms with Crippen molar-refractivity contribution in [1.29, 1.82) is 0 Å².